The Balaban J connectivity index is 2.14. The third-order valence-electron chi connectivity index (χ3n) is 3.65. The first-order chi connectivity index (χ1) is 8.58. The van der Waals surface area contributed by atoms with Crippen LogP contribution in [0.4, 0.5) is 5.69 Å². The van der Waals surface area contributed by atoms with Crippen LogP contribution >= 0.6 is 23.2 Å². The van der Waals surface area contributed by atoms with Gasteiger partial charge < -0.3 is 10.4 Å². The number of halogens is 2. The highest BCUT2D eigenvalue weighted by Gasteiger charge is 2.41. The van der Waals surface area contributed by atoms with Gasteiger partial charge in [0.1, 0.15) is 6.04 Å². The average Bonchev–Trinajstić information content (AvgIpc) is 2.75. The summed E-state index contributed by atoms with van der Waals surface area (Å²) in [6.07, 6.45) is 4.82. The van der Waals surface area contributed by atoms with E-state index >= 15 is 0 Å². The topological polar surface area (TPSA) is 49.3 Å². The van der Waals surface area contributed by atoms with E-state index in [1.54, 1.807) is 12.1 Å². The van der Waals surface area contributed by atoms with Crippen molar-refractivity contribution in [3.05, 3.63) is 39.9 Å². The number of aliphatic carboxylic acids is 1. The zero-order chi connectivity index (χ0) is 12.9. The minimum atomic E-state index is -0.838. The Bertz CT molecular complexity index is 556. The molecule has 94 valence electrons. The van der Waals surface area contributed by atoms with Gasteiger partial charge in [-0.25, -0.2) is 4.79 Å². The Hall–Kier alpha value is -1.19. The van der Waals surface area contributed by atoms with E-state index in [-0.39, 0.29) is 11.8 Å². The van der Waals surface area contributed by atoms with E-state index in [1.165, 1.54) is 0 Å². The van der Waals surface area contributed by atoms with E-state index in [4.69, 9.17) is 23.2 Å². The smallest absolute Gasteiger partial charge is 0.326 e. The van der Waals surface area contributed by atoms with Crippen LogP contribution in [0.5, 0.6) is 0 Å². The van der Waals surface area contributed by atoms with Gasteiger partial charge in [0.2, 0.25) is 0 Å². The average molecular weight is 284 g/mol. The highest BCUT2D eigenvalue weighted by atomic mass is 35.5. The van der Waals surface area contributed by atoms with Gasteiger partial charge in [0, 0.05) is 33.1 Å². The van der Waals surface area contributed by atoms with Crippen molar-refractivity contribution in [2.45, 2.75) is 18.4 Å². The lowest BCUT2D eigenvalue weighted by molar-refractivity contribution is -0.139. The maximum absolute atomic E-state index is 11.3. The molecule has 1 aliphatic carbocycles. The van der Waals surface area contributed by atoms with Gasteiger partial charge in [0.05, 0.1) is 0 Å². The third kappa shape index (κ3) is 1.70. The van der Waals surface area contributed by atoms with Gasteiger partial charge in [-0.3, -0.25) is 0 Å². The molecule has 5 heteroatoms. The summed E-state index contributed by atoms with van der Waals surface area (Å²) in [6, 6.07) is 2.85. The molecule has 0 aromatic heterocycles. The van der Waals surface area contributed by atoms with Gasteiger partial charge >= 0.3 is 5.97 Å². The van der Waals surface area contributed by atoms with Crippen LogP contribution in [0.25, 0.3) is 0 Å². The number of fused-ring (bicyclic) bond motifs is 3. The summed E-state index contributed by atoms with van der Waals surface area (Å²) in [5.74, 6) is -0.753. The zero-order valence-corrected chi connectivity index (χ0v) is 10.9. The van der Waals surface area contributed by atoms with E-state index in [9.17, 15) is 9.90 Å². The molecule has 2 N–H and O–H groups in total. The van der Waals surface area contributed by atoms with Crippen LogP contribution in [0, 0.1) is 5.92 Å². The number of allylic oxidation sites excluding steroid dienone is 2. The predicted octanol–water partition coefficient (Wildman–Crippen LogP) is 3.53. The van der Waals surface area contributed by atoms with Crippen molar-refractivity contribution in [1.82, 2.24) is 0 Å². The second kappa shape index (κ2) is 4.18. The summed E-state index contributed by atoms with van der Waals surface area (Å²) >= 11 is 12.2. The Morgan fingerprint density at radius 3 is 2.89 bits per heavy atom. The van der Waals surface area contributed by atoms with Gasteiger partial charge in [0.15, 0.2) is 0 Å². The van der Waals surface area contributed by atoms with Crippen LogP contribution in [-0.2, 0) is 4.79 Å². The predicted molar refractivity (Wildman–Crippen MR) is 71.5 cm³/mol. The molecule has 3 rings (SSSR count). The number of carboxylic acid groups (broad SMARTS) is 1. The molecule has 3 atom stereocenters. The van der Waals surface area contributed by atoms with Crippen molar-refractivity contribution in [3.8, 4) is 0 Å². The molecule has 0 saturated carbocycles. The van der Waals surface area contributed by atoms with Crippen molar-refractivity contribution < 1.29 is 9.90 Å². The molecule has 3 nitrogen and oxygen atoms in total. The standard InChI is InChI=1S/C13H11Cl2NO2/c14-6-4-9(15)11-7-2-1-3-8(7)12(13(17)18)16-10(11)5-6/h1-2,4-5,7-8,12,16H,3H2,(H,17,18)/t7-,8+,12-/m1/s1. The molecule has 0 amide bonds. The molecule has 1 aromatic carbocycles. The van der Waals surface area contributed by atoms with Crippen molar-refractivity contribution in [2.24, 2.45) is 5.92 Å². The van der Waals surface area contributed by atoms with Crippen molar-refractivity contribution >= 4 is 34.9 Å². The number of nitrogens with one attached hydrogen (secondary N) is 1. The fourth-order valence-electron chi connectivity index (χ4n) is 2.89. The van der Waals surface area contributed by atoms with Crippen LogP contribution in [-0.4, -0.2) is 17.1 Å². The summed E-state index contributed by atoms with van der Waals surface area (Å²) in [7, 11) is 0. The number of carboxylic acids is 1. The van der Waals surface area contributed by atoms with E-state index in [2.05, 4.69) is 5.32 Å². The molecular weight excluding hydrogens is 273 g/mol. The van der Waals surface area contributed by atoms with Crippen molar-refractivity contribution in [1.29, 1.82) is 0 Å². The number of anilines is 1. The first-order valence-electron chi connectivity index (χ1n) is 5.73. The molecule has 18 heavy (non-hydrogen) atoms. The first kappa shape index (κ1) is 11.9. The van der Waals surface area contributed by atoms with Crippen LogP contribution in [0.1, 0.15) is 17.9 Å². The van der Waals surface area contributed by atoms with E-state index in [1.807, 2.05) is 12.2 Å². The fourth-order valence-corrected chi connectivity index (χ4v) is 3.51. The lowest BCUT2D eigenvalue weighted by atomic mass is 9.79. The normalized spacial score (nSPS) is 28.4. The van der Waals surface area contributed by atoms with Gasteiger partial charge in [-0.2, -0.15) is 0 Å². The van der Waals surface area contributed by atoms with E-state index in [0.29, 0.717) is 10.0 Å². The number of benzene rings is 1. The van der Waals surface area contributed by atoms with Crippen molar-refractivity contribution in [3.63, 3.8) is 0 Å². The van der Waals surface area contributed by atoms with Gasteiger partial charge in [-0.1, -0.05) is 35.4 Å². The molecule has 0 unspecified atom stereocenters. The minimum absolute atomic E-state index is 0.0219. The van der Waals surface area contributed by atoms with Crippen LogP contribution in [0.2, 0.25) is 10.0 Å². The summed E-state index contributed by atoms with van der Waals surface area (Å²) in [4.78, 5) is 11.3. The molecule has 0 bridgehead atoms. The maximum atomic E-state index is 11.3. The third-order valence-corrected chi connectivity index (χ3v) is 4.18. The fraction of sp³-hybridized carbons (Fsp3) is 0.308. The highest BCUT2D eigenvalue weighted by Crippen LogP contribution is 2.48. The summed E-state index contributed by atoms with van der Waals surface area (Å²) in [5.41, 5.74) is 1.69. The zero-order valence-electron chi connectivity index (χ0n) is 9.36. The maximum Gasteiger partial charge on any atom is 0.326 e. The monoisotopic (exact) mass is 283 g/mol. The Morgan fingerprint density at radius 1 is 1.39 bits per heavy atom. The molecule has 0 fully saturated rings. The van der Waals surface area contributed by atoms with Crippen LogP contribution < -0.4 is 5.32 Å². The molecule has 0 spiro atoms. The molecular formula is C13H11Cl2NO2. The van der Waals surface area contributed by atoms with Gasteiger partial charge in [-0.15, -0.1) is 0 Å². The van der Waals surface area contributed by atoms with E-state index < -0.39 is 12.0 Å². The highest BCUT2D eigenvalue weighted by molar-refractivity contribution is 6.35. The Labute approximate surface area is 114 Å². The Morgan fingerprint density at radius 2 is 2.17 bits per heavy atom. The number of carbonyl (C=O) groups is 1. The van der Waals surface area contributed by atoms with Crippen LogP contribution in [0.15, 0.2) is 24.3 Å². The second-order valence-electron chi connectivity index (χ2n) is 4.66. The second-order valence-corrected chi connectivity index (χ2v) is 5.51. The lowest BCUT2D eigenvalue weighted by Gasteiger charge is -2.35. The van der Waals surface area contributed by atoms with Gasteiger partial charge in [-0.05, 0) is 18.6 Å². The molecule has 0 saturated heterocycles. The quantitative estimate of drug-likeness (QED) is 0.775. The molecule has 1 heterocycles. The van der Waals surface area contributed by atoms with Crippen LogP contribution in [0.3, 0.4) is 0 Å². The van der Waals surface area contributed by atoms with Gasteiger partial charge in [0.25, 0.3) is 0 Å². The summed E-state index contributed by atoms with van der Waals surface area (Å²) in [6.45, 7) is 0. The van der Waals surface area contributed by atoms with E-state index in [0.717, 1.165) is 17.7 Å². The number of hydrogen-bond donors (Lipinski definition) is 2. The number of hydrogen-bond acceptors (Lipinski definition) is 2. The Kier molecular flexibility index (Phi) is 2.76. The summed E-state index contributed by atoms with van der Waals surface area (Å²) < 4.78 is 0. The molecule has 0 radical (unpaired) electrons. The molecule has 1 aliphatic heterocycles. The lowest BCUT2D eigenvalue weighted by Crippen LogP contribution is -2.41. The minimum Gasteiger partial charge on any atom is -0.480 e. The summed E-state index contributed by atoms with van der Waals surface area (Å²) in [5, 5.41) is 13.4. The van der Waals surface area contributed by atoms with Crippen molar-refractivity contribution in [2.75, 3.05) is 5.32 Å². The molecule has 1 aromatic rings. The largest absolute Gasteiger partial charge is 0.480 e. The SMILES string of the molecule is O=C(O)[C@@H]1Nc2cc(Cl)cc(Cl)c2[C@@H]2C=CC[C@H]12. The molecule has 2 aliphatic rings. The first-order valence-corrected chi connectivity index (χ1v) is 6.48. The number of rotatable bonds is 1.